The predicted octanol–water partition coefficient (Wildman–Crippen LogP) is 1.96. The van der Waals surface area contributed by atoms with Gasteiger partial charge in [-0.05, 0) is 36.1 Å². The second-order valence-corrected chi connectivity index (χ2v) is 4.66. The lowest BCUT2D eigenvalue weighted by Gasteiger charge is -2.17. The second-order valence-electron chi connectivity index (χ2n) is 3.74. The topological polar surface area (TPSA) is 67.5 Å². The van der Waals surface area contributed by atoms with Crippen LogP contribution in [0.4, 0.5) is 4.79 Å². The Bertz CT molecular complexity index is 457. The van der Waals surface area contributed by atoms with E-state index in [1.807, 2.05) is 6.07 Å². The van der Waals surface area contributed by atoms with Gasteiger partial charge in [-0.2, -0.15) is 5.10 Å². The van der Waals surface area contributed by atoms with Gasteiger partial charge in [0.25, 0.3) is 0 Å². The molecule has 2 amide bonds. The van der Waals surface area contributed by atoms with Crippen molar-refractivity contribution < 1.29 is 4.79 Å². The highest BCUT2D eigenvalue weighted by atomic mass is 79.9. The molecule has 0 atom stereocenters. The monoisotopic (exact) mass is 281 g/mol. The van der Waals surface area contributed by atoms with Crippen molar-refractivity contribution in [2.45, 2.75) is 19.3 Å². The number of urea groups is 1. The van der Waals surface area contributed by atoms with Crippen molar-refractivity contribution in [3.8, 4) is 0 Å². The number of nitrogens with one attached hydrogen (secondary N) is 1. The molecule has 2 rings (SSSR count). The van der Waals surface area contributed by atoms with Crippen LogP contribution in [0.5, 0.6) is 0 Å². The molecule has 0 aliphatic heterocycles. The molecule has 4 nitrogen and oxygen atoms in total. The molecule has 1 aliphatic carbocycles. The van der Waals surface area contributed by atoms with Crippen LogP contribution in [0, 0.1) is 0 Å². The first kappa shape index (κ1) is 11.1. The summed E-state index contributed by atoms with van der Waals surface area (Å²) < 4.78 is 1.10. The summed E-state index contributed by atoms with van der Waals surface area (Å²) in [6, 6.07) is 5.61. The standard InChI is InChI=1S/C11H12BrN3O/c12-9-3-1-8-6-10(14-15-11(13)16)4-2-7(8)5-9/h1,3,5H,2,4,6H2,(H3,13,15,16). The maximum absolute atomic E-state index is 10.5. The molecule has 0 heterocycles. The minimum Gasteiger partial charge on any atom is -0.350 e. The van der Waals surface area contributed by atoms with Crippen molar-refractivity contribution in [3.63, 3.8) is 0 Å². The fourth-order valence-electron chi connectivity index (χ4n) is 1.82. The Kier molecular flexibility index (Phi) is 3.24. The lowest BCUT2D eigenvalue weighted by molar-refractivity contribution is 0.249. The Balaban J connectivity index is 2.15. The van der Waals surface area contributed by atoms with Crippen LogP contribution in [0.2, 0.25) is 0 Å². The van der Waals surface area contributed by atoms with Crippen molar-refractivity contribution in [1.29, 1.82) is 0 Å². The zero-order chi connectivity index (χ0) is 11.5. The Morgan fingerprint density at radius 1 is 1.38 bits per heavy atom. The molecule has 0 spiro atoms. The quantitative estimate of drug-likeness (QED) is 0.760. The number of halogens is 1. The van der Waals surface area contributed by atoms with Gasteiger partial charge in [0.1, 0.15) is 0 Å². The largest absolute Gasteiger partial charge is 0.350 e. The number of nitrogens with zero attached hydrogens (tertiary/aromatic N) is 1. The highest BCUT2D eigenvalue weighted by Gasteiger charge is 2.14. The van der Waals surface area contributed by atoms with Crippen LogP contribution >= 0.6 is 15.9 Å². The summed E-state index contributed by atoms with van der Waals surface area (Å²) in [5.41, 5.74) is 10.8. The molecule has 0 bridgehead atoms. The first-order valence-corrected chi connectivity index (χ1v) is 5.82. The van der Waals surface area contributed by atoms with Gasteiger partial charge in [-0.25, -0.2) is 10.2 Å². The van der Waals surface area contributed by atoms with Crippen LogP contribution < -0.4 is 11.2 Å². The third-order valence-corrected chi connectivity index (χ3v) is 3.06. The zero-order valence-electron chi connectivity index (χ0n) is 8.66. The summed E-state index contributed by atoms with van der Waals surface area (Å²) in [5, 5.41) is 3.98. The van der Waals surface area contributed by atoms with Crippen molar-refractivity contribution in [2.24, 2.45) is 10.8 Å². The Morgan fingerprint density at radius 3 is 2.94 bits per heavy atom. The number of hydrogen-bond acceptors (Lipinski definition) is 2. The van der Waals surface area contributed by atoms with E-state index in [0.717, 1.165) is 29.4 Å². The number of aryl methyl sites for hydroxylation is 1. The van der Waals surface area contributed by atoms with E-state index in [1.165, 1.54) is 11.1 Å². The third-order valence-electron chi connectivity index (χ3n) is 2.57. The first-order valence-electron chi connectivity index (χ1n) is 5.03. The van der Waals surface area contributed by atoms with Gasteiger partial charge in [-0.15, -0.1) is 0 Å². The van der Waals surface area contributed by atoms with Crippen molar-refractivity contribution >= 4 is 27.7 Å². The van der Waals surface area contributed by atoms with Gasteiger partial charge in [0.15, 0.2) is 0 Å². The van der Waals surface area contributed by atoms with Crippen LogP contribution in [0.1, 0.15) is 17.5 Å². The Morgan fingerprint density at radius 2 is 2.19 bits per heavy atom. The molecule has 0 aromatic heterocycles. The number of carbonyl (C=O) groups is 1. The number of amides is 2. The minimum absolute atomic E-state index is 0.617. The smallest absolute Gasteiger partial charge is 0.332 e. The summed E-state index contributed by atoms with van der Waals surface area (Å²) >= 11 is 3.45. The molecule has 84 valence electrons. The minimum atomic E-state index is -0.617. The molecule has 0 fully saturated rings. The Hall–Kier alpha value is -1.36. The van der Waals surface area contributed by atoms with E-state index in [9.17, 15) is 4.79 Å². The number of carbonyl (C=O) groups excluding carboxylic acids is 1. The number of fused-ring (bicyclic) bond motifs is 1. The first-order chi connectivity index (χ1) is 7.65. The van der Waals surface area contributed by atoms with E-state index in [2.05, 4.69) is 38.6 Å². The van der Waals surface area contributed by atoms with Crippen LogP contribution in [-0.2, 0) is 12.8 Å². The van der Waals surface area contributed by atoms with Crippen LogP contribution in [0.15, 0.2) is 27.8 Å². The van der Waals surface area contributed by atoms with E-state index in [1.54, 1.807) is 0 Å². The molecule has 1 aromatic carbocycles. The molecule has 0 saturated heterocycles. The number of primary amides is 1. The number of benzene rings is 1. The van der Waals surface area contributed by atoms with Gasteiger partial charge < -0.3 is 5.73 Å². The fraction of sp³-hybridized carbons (Fsp3) is 0.273. The summed E-state index contributed by atoms with van der Waals surface area (Å²) in [7, 11) is 0. The molecule has 3 N–H and O–H groups in total. The van der Waals surface area contributed by atoms with Gasteiger partial charge in [0.2, 0.25) is 0 Å². The number of rotatable bonds is 1. The highest BCUT2D eigenvalue weighted by molar-refractivity contribution is 9.10. The third kappa shape index (κ3) is 2.61. The van der Waals surface area contributed by atoms with Crippen LogP contribution in [0.25, 0.3) is 0 Å². The van der Waals surface area contributed by atoms with Gasteiger partial charge in [-0.1, -0.05) is 22.0 Å². The maximum atomic E-state index is 10.5. The van der Waals surface area contributed by atoms with Gasteiger partial charge in [-0.3, -0.25) is 0 Å². The lowest BCUT2D eigenvalue weighted by atomic mass is 9.90. The Labute approximate surface area is 102 Å². The molecular formula is C11H12BrN3O. The predicted molar refractivity (Wildman–Crippen MR) is 66.3 cm³/mol. The molecule has 0 unspecified atom stereocenters. The van der Waals surface area contributed by atoms with Gasteiger partial charge in [0, 0.05) is 16.6 Å². The lowest BCUT2D eigenvalue weighted by Crippen LogP contribution is -2.27. The van der Waals surface area contributed by atoms with Crippen LogP contribution in [0.3, 0.4) is 0 Å². The highest BCUT2D eigenvalue weighted by Crippen LogP contribution is 2.23. The van der Waals surface area contributed by atoms with Crippen LogP contribution in [-0.4, -0.2) is 11.7 Å². The zero-order valence-corrected chi connectivity index (χ0v) is 10.3. The average Bonchev–Trinajstić information content (AvgIpc) is 2.26. The molecular weight excluding hydrogens is 270 g/mol. The average molecular weight is 282 g/mol. The molecule has 16 heavy (non-hydrogen) atoms. The molecule has 5 heteroatoms. The van der Waals surface area contributed by atoms with Crippen molar-refractivity contribution in [1.82, 2.24) is 5.43 Å². The number of hydrogen-bond donors (Lipinski definition) is 2. The normalized spacial score (nSPS) is 16.9. The van der Waals surface area contributed by atoms with Crippen molar-refractivity contribution in [3.05, 3.63) is 33.8 Å². The van der Waals surface area contributed by atoms with Crippen molar-refractivity contribution in [2.75, 3.05) is 0 Å². The fourth-order valence-corrected chi connectivity index (χ4v) is 2.22. The summed E-state index contributed by atoms with van der Waals surface area (Å²) in [6.45, 7) is 0. The second kappa shape index (κ2) is 4.65. The SMILES string of the molecule is NC(=O)NN=C1CCc2cc(Br)ccc2C1. The molecule has 1 aliphatic rings. The van der Waals surface area contributed by atoms with Gasteiger partial charge >= 0.3 is 6.03 Å². The summed E-state index contributed by atoms with van der Waals surface area (Å²) in [5.74, 6) is 0. The van der Waals surface area contributed by atoms with E-state index in [4.69, 9.17) is 5.73 Å². The molecule has 0 radical (unpaired) electrons. The van der Waals surface area contributed by atoms with E-state index < -0.39 is 6.03 Å². The summed E-state index contributed by atoms with van der Waals surface area (Å²) in [4.78, 5) is 10.5. The van der Waals surface area contributed by atoms with E-state index in [-0.39, 0.29) is 0 Å². The van der Waals surface area contributed by atoms with Gasteiger partial charge in [0.05, 0.1) is 0 Å². The molecule has 1 aromatic rings. The summed E-state index contributed by atoms with van der Waals surface area (Å²) in [6.07, 6.45) is 2.60. The van der Waals surface area contributed by atoms with E-state index in [0.29, 0.717) is 0 Å². The van der Waals surface area contributed by atoms with E-state index >= 15 is 0 Å². The maximum Gasteiger partial charge on any atom is 0.332 e. The number of nitrogens with two attached hydrogens (primary N) is 1. The molecule has 0 saturated carbocycles. The number of hydrazone groups is 1.